The summed E-state index contributed by atoms with van der Waals surface area (Å²) in [6, 6.07) is 7.74. The zero-order valence-corrected chi connectivity index (χ0v) is 11.2. The largest absolute Gasteiger partial charge is 0.370 e. The quantitative estimate of drug-likeness (QED) is 0.735. The number of hydrogen-bond acceptors (Lipinski definition) is 3. The van der Waals surface area contributed by atoms with Crippen LogP contribution in [0.5, 0.6) is 0 Å². The molecule has 0 saturated heterocycles. The van der Waals surface area contributed by atoms with Crippen molar-refractivity contribution in [3.63, 3.8) is 0 Å². The second-order valence-electron chi connectivity index (χ2n) is 4.01. The van der Waals surface area contributed by atoms with Crippen LogP contribution in [0.4, 0.5) is 0 Å². The SMILES string of the molecule is CCSc1ccccc1C(CC(N)=O)CC(N)=O. The Kier molecular flexibility index (Phi) is 5.71. The first-order chi connectivity index (χ1) is 8.54. The van der Waals surface area contributed by atoms with Crippen LogP contribution < -0.4 is 11.5 Å². The fourth-order valence-corrected chi connectivity index (χ4v) is 2.77. The van der Waals surface area contributed by atoms with Gasteiger partial charge in [-0.05, 0) is 17.4 Å². The maximum absolute atomic E-state index is 11.1. The van der Waals surface area contributed by atoms with Gasteiger partial charge in [-0.2, -0.15) is 0 Å². The highest BCUT2D eigenvalue weighted by atomic mass is 32.2. The van der Waals surface area contributed by atoms with Crippen molar-refractivity contribution >= 4 is 23.6 Å². The lowest BCUT2D eigenvalue weighted by molar-refractivity contribution is -0.119. The van der Waals surface area contributed by atoms with Crippen molar-refractivity contribution in [1.82, 2.24) is 0 Å². The van der Waals surface area contributed by atoms with E-state index in [1.165, 1.54) is 0 Å². The zero-order valence-electron chi connectivity index (χ0n) is 10.4. The van der Waals surface area contributed by atoms with Crippen LogP contribution in [-0.4, -0.2) is 17.6 Å². The van der Waals surface area contributed by atoms with Crippen molar-refractivity contribution in [1.29, 1.82) is 0 Å². The van der Waals surface area contributed by atoms with Gasteiger partial charge in [0, 0.05) is 23.7 Å². The van der Waals surface area contributed by atoms with Crippen LogP contribution in [0.2, 0.25) is 0 Å². The molecule has 0 unspecified atom stereocenters. The first kappa shape index (κ1) is 14.6. The molecule has 0 spiro atoms. The Labute approximate surface area is 111 Å². The fraction of sp³-hybridized carbons (Fsp3) is 0.385. The monoisotopic (exact) mass is 266 g/mol. The van der Waals surface area contributed by atoms with Crippen molar-refractivity contribution in [2.45, 2.75) is 30.6 Å². The smallest absolute Gasteiger partial charge is 0.218 e. The number of carbonyl (C=O) groups excluding carboxylic acids is 2. The number of rotatable bonds is 7. The normalized spacial score (nSPS) is 10.6. The van der Waals surface area contributed by atoms with Gasteiger partial charge in [0.15, 0.2) is 0 Å². The lowest BCUT2D eigenvalue weighted by Gasteiger charge is -2.17. The Hall–Kier alpha value is -1.49. The Morgan fingerprint density at radius 2 is 1.72 bits per heavy atom. The van der Waals surface area contributed by atoms with Crippen LogP contribution in [0.3, 0.4) is 0 Å². The molecule has 0 atom stereocenters. The third-order valence-electron chi connectivity index (χ3n) is 2.55. The average Bonchev–Trinajstić information content (AvgIpc) is 2.28. The summed E-state index contributed by atoms with van der Waals surface area (Å²) in [4.78, 5) is 23.3. The van der Waals surface area contributed by atoms with E-state index in [1.807, 2.05) is 24.3 Å². The fourth-order valence-electron chi connectivity index (χ4n) is 1.88. The molecule has 0 heterocycles. The molecule has 98 valence electrons. The van der Waals surface area contributed by atoms with Gasteiger partial charge in [0.25, 0.3) is 0 Å². The van der Waals surface area contributed by atoms with Crippen LogP contribution in [0, 0.1) is 0 Å². The number of nitrogens with two attached hydrogens (primary N) is 2. The minimum atomic E-state index is -0.419. The number of benzene rings is 1. The molecule has 0 aromatic heterocycles. The first-order valence-corrected chi connectivity index (χ1v) is 6.81. The van der Waals surface area contributed by atoms with Gasteiger partial charge in [-0.3, -0.25) is 9.59 Å². The van der Waals surface area contributed by atoms with Crippen LogP contribution in [0.15, 0.2) is 29.2 Å². The van der Waals surface area contributed by atoms with E-state index >= 15 is 0 Å². The van der Waals surface area contributed by atoms with E-state index in [2.05, 4.69) is 6.92 Å². The predicted octanol–water partition coefficient (Wildman–Crippen LogP) is 1.63. The Morgan fingerprint density at radius 3 is 2.22 bits per heavy atom. The van der Waals surface area contributed by atoms with Gasteiger partial charge in [0.1, 0.15) is 0 Å². The summed E-state index contributed by atoms with van der Waals surface area (Å²) in [7, 11) is 0. The number of thioether (sulfide) groups is 1. The van der Waals surface area contributed by atoms with Crippen LogP contribution in [0.25, 0.3) is 0 Å². The molecule has 1 aromatic carbocycles. The van der Waals surface area contributed by atoms with E-state index in [4.69, 9.17) is 11.5 Å². The lowest BCUT2D eigenvalue weighted by atomic mass is 9.92. The number of hydrogen-bond donors (Lipinski definition) is 2. The zero-order chi connectivity index (χ0) is 13.5. The van der Waals surface area contributed by atoms with E-state index in [0.717, 1.165) is 16.2 Å². The molecule has 0 bridgehead atoms. The van der Waals surface area contributed by atoms with Gasteiger partial charge in [-0.1, -0.05) is 25.1 Å². The van der Waals surface area contributed by atoms with Crippen LogP contribution >= 0.6 is 11.8 Å². The number of carbonyl (C=O) groups is 2. The number of amides is 2. The van der Waals surface area contributed by atoms with Crippen molar-refractivity contribution in [3.8, 4) is 0 Å². The molecule has 0 aliphatic heterocycles. The topological polar surface area (TPSA) is 86.2 Å². The minimum absolute atomic E-state index is 0.143. The van der Waals surface area contributed by atoms with Gasteiger partial charge in [-0.25, -0.2) is 0 Å². The molecule has 1 rings (SSSR count). The molecule has 4 N–H and O–H groups in total. The van der Waals surface area contributed by atoms with Gasteiger partial charge in [0.2, 0.25) is 11.8 Å². The van der Waals surface area contributed by atoms with Gasteiger partial charge in [-0.15, -0.1) is 11.8 Å². The van der Waals surface area contributed by atoms with E-state index in [0.29, 0.717) is 0 Å². The van der Waals surface area contributed by atoms with E-state index in [1.54, 1.807) is 11.8 Å². The molecule has 18 heavy (non-hydrogen) atoms. The Bertz CT molecular complexity index is 419. The predicted molar refractivity (Wildman–Crippen MR) is 73.2 cm³/mol. The summed E-state index contributed by atoms with van der Waals surface area (Å²) in [6.45, 7) is 2.05. The summed E-state index contributed by atoms with van der Waals surface area (Å²) < 4.78 is 0. The van der Waals surface area contributed by atoms with Crippen molar-refractivity contribution < 1.29 is 9.59 Å². The van der Waals surface area contributed by atoms with Gasteiger partial charge >= 0.3 is 0 Å². The maximum Gasteiger partial charge on any atom is 0.218 e. The molecule has 0 radical (unpaired) electrons. The molecule has 1 aromatic rings. The summed E-state index contributed by atoms with van der Waals surface area (Å²) in [5, 5.41) is 0. The Balaban J connectivity index is 3.02. The molecule has 0 aliphatic rings. The summed E-state index contributed by atoms with van der Waals surface area (Å²) in [6.07, 6.45) is 0.286. The highest BCUT2D eigenvalue weighted by molar-refractivity contribution is 7.99. The minimum Gasteiger partial charge on any atom is -0.370 e. The summed E-state index contributed by atoms with van der Waals surface area (Å²) in [5.74, 6) is -0.137. The molecule has 0 fully saturated rings. The van der Waals surface area contributed by atoms with E-state index in [9.17, 15) is 9.59 Å². The molecular formula is C13H18N2O2S. The molecule has 4 nitrogen and oxygen atoms in total. The second-order valence-corrected chi connectivity index (χ2v) is 5.31. The molecule has 0 aliphatic carbocycles. The molecule has 5 heteroatoms. The maximum atomic E-state index is 11.1. The van der Waals surface area contributed by atoms with Crippen molar-refractivity contribution in [3.05, 3.63) is 29.8 Å². The standard InChI is InChI=1S/C13H18N2O2S/c1-2-18-11-6-4-3-5-10(11)9(7-12(14)16)8-13(15)17/h3-6,9H,2,7-8H2,1H3,(H2,14,16)(H2,15,17). The molecule has 0 saturated carbocycles. The second kappa shape index (κ2) is 7.06. The first-order valence-electron chi connectivity index (χ1n) is 5.83. The Morgan fingerprint density at radius 1 is 1.17 bits per heavy atom. The van der Waals surface area contributed by atoms with Gasteiger partial charge < -0.3 is 11.5 Å². The van der Waals surface area contributed by atoms with Crippen molar-refractivity contribution in [2.24, 2.45) is 11.5 Å². The van der Waals surface area contributed by atoms with Crippen LogP contribution in [-0.2, 0) is 9.59 Å². The average molecular weight is 266 g/mol. The highest BCUT2D eigenvalue weighted by Crippen LogP contribution is 2.32. The third kappa shape index (κ3) is 4.41. The van der Waals surface area contributed by atoms with Crippen LogP contribution in [0.1, 0.15) is 31.2 Å². The molecular weight excluding hydrogens is 248 g/mol. The van der Waals surface area contributed by atoms with Crippen molar-refractivity contribution in [2.75, 3.05) is 5.75 Å². The summed E-state index contributed by atoms with van der Waals surface area (Å²) in [5.41, 5.74) is 11.4. The lowest BCUT2D eigenvalue weighted by Crippen LogP contribution is -2.21. The third-order valence-corrected chi connectivity index (χ3v) is 3.53. The van der Waals surface area contributed by atoms with Gasteiger partial charge in [0.05, 0.1) is 0 Å². The molecule has 2 amide bonds. The van der Waals surface area contributed by atoms with E-state index in [-0.39, 0.29) is 18.8 Å². The number of primary amides is 2. The van der Waals surface area contributed by atoms with E-state index < -0.39 is 11.8 Å². The highest BCUT2D eigenvalue weighted by Gasteiger charge is 2.19. The summed E-state index contributed by atoms with van der Waals surface area (Å²) >= 11 is 1.68.